The number of aromatic nitrogens is 1. The molecule has 0 aliphatic rings. The van der Waals surface area contributed by atoms with Crippen LogP contribution in [0.5, 0.6) is 5.75 Å². The van der Waals surface area contributed by atoms with Gasteiger partial charge in [-0.3, -0.25) is 0 Å². The molecule has 0 bridgehead atoms. The summed E-state index contributed by atoms with van der Waals surface area (Å²) in [4.78, 5) is 3.85. The van der Waals surface area contributed by atoms with Crippen molar-refractivity contribution in [3.63, 3.8) is 0 Å². The Morgan fingerprint density at radius 2 is 2.06 bits per heavy atom. The fourth-order valence-corrected chi connectivity index (χ4v) is 1.40. The number of oxazole rings is 1. The molecule has 0 unspecified atom stereocenters. The molecule has 1 heterocycles. The largest absolute Gasteiger partial charge is 0.497 e. The fourth-order valence-electron chi connectivity index (χ4n) is 1.40. The monoisotopic (exact) mass is 218 g/mol. The van der Waals surface area contributed by atoms with Crippen molar-refractivity contribution in [2.24, 2.45) is 0 Å². The Morgan fingerprint density at radius 3 is 2.69 bits per heavy atom. The molecule has 0 radical (unpaired) electrons. The Hall–Kier alpha value is -1.81. The minimum atomic E-state index is 0.687. The van der Waals surface area contributed by atoms with E-state index in [0.29, 0.717) is 6.54 Å². The Kier molecular flexibility index (Phi) is 3.56. The van der Waals surface area contributed by atoms with Crippen LogP contribution in [-0.4, -0.2) is 12.1 Å². The zero-order valence-electron chi connectivity index (χ0n) is 9.14. The van der Waals surface area contributed by atoms with Crippen molar-refractivity contribution in [3.05, 3.63) is 48.2 Å². The summed E-state index contributed by atoms with van der Waals surface area (Å²) in [6, 6.07) is 7.97. The van der Waals surface area contributed by atoms with E-state index in [1.807, 2.05) is 24.3 Å². The van der Waals surface area contributed by atoms with Crippen molar-refractivity contribution in [3.8, 4) is 5.75 Å². The number of hydrogen-bond acceptors (Lipinski definition) is 4. The Bertz CT molecular complexity index is 409. The molecule has 4 nitrogen and oxygen atoms in total. The van der Waals surface area contributed by atoms with E-state index in [1.54, 1.807) is 13.3 Å². The van der Waals surface area contributed by atoms with Crippen LogP contribution >= 0.6 is 0 Å². The number of nitrogens with one attached hydrogen (secondary N) is 1. The van der Waals surface area contributed by atoms with E-state index in [2.05, 4.69) is 10.3 Å². The van der Waals surface area contributed by atoms with Crippen LogP contribution in [0, 0.1) is 0 Å². The second-order valence-corrected chi connectivity index (χ2v) is 3.42. The first-order chi connectivity index (χ1) is 7.88. The molecule has 1 aromatic carbocycles. The minimum absolute atomic E-state index is 0.687. The third kappa shape index (κ3) is 2.84. The fraction of sp³-hybridized carbons (Fsp3) is 0.250. The minimum Gasteiger partial charge on any atom is -0.497 e. The molecule has 0 aliphatic carbocycles. The standard InChI is InChI=1S/C12H14N2O2/c1-15-11-4-2-10(3-5-11)6-13-7-12-8-14-9-16-12/h2-5,8-9,13H,6-7H2,1H3. The topological polar surface area (TPSA) is 47.3 Å². The molecule has 2 aromatic rings. The summed E-state index contributed by atoms with van der Waals surface area (Å²) < 4.78 is 10.2. The summed E-state index contributed by atoms with van der Waals surface area (Å²) in [6.07, 6.45) is 3.14. The second-order valence-electron chi connectivity index (χ2n) is 3.42. The summed E-state index contributed by atoms with van der Waals surface area (Å²) in [7, 11) is 1.66. The summed E-state index contributed by atoms with van der Waals surface area (Å²) in [5.74, 6) is 1.72. The number of benzene rings is 1. The highest BCUT2D eigenvalue weighted by atomic mass is 16.5. The SMILES string of the molecule is COc1ccc(CNCc2cnco2)cc1. The molecule has 0 saturated heterocycles. The van der Waals surface area contributed by atoms with Crippen LogP contribution in [0.4, 0.5) is 0 Å². The highest BCUT2D eigenvalue weighted by molar-refractivity contribution is 5.26. The van der Waals surface area contributed by atoms with Crippen LogP contribution in [0.2, 0.25) is 0 Å². The van der Waals surface area contributed by atoms with Crippen molar-refractivity contribution in [2.45, 2.75) is 13.1 Å². The summed E-state index contributed by atoms with van der Waals surface area (Å²) in [6.45, 7) is 1.48. The van der Waals surface area contributed by atoms with Gasteiger partial charge in [0.15, 0.2) is 6.39 Å². The van der Waals surface area contributed by atoms with Gasteiger partial charge in [0.25, 0.3) is 0 Å². The van der Waals surface area contributed by atoms with Gasteiger partial charge >= 0.3 is 0 Å². The van der Waals surface area contributed by atoms with E-state index in [-0.39, 0.29) is 0 Å². The van der Waals surface area contributed by atoms with E-state index in [1.165, 1.54) is 12.0 Å². The van der Waals surface area contributed by atoms with Gasteiger partial charge in [0.2, 0.25) is 0 Å². The third-order valence-electron chi connectivity index (χ3n) is 2.27. The van der Waals surface area contributed by atoms with Gasteiger partial charge in [0.1, 0.15) is 11.5 Å². The van der Waals surface area contributed by atoms with Gasteiger partial charge < -0.3 is 14.5 Å². The van der Waals surface area contributed by atoms with Crippen molar-refractivity contribution in [2.75, 3.05) is 7.11 Å². The maximum atomic E-state index is 5.11. The van der Waals surface area contributed by atoms with Gasteiger partial charge in [-0.05, 0) is 17.7 Å². The lowest BCUT2D eigenvalue weighted by molar-refractivity contribution is 0.414. The van der Waals surface area contributed by atoms with Gasteiger partial charge in [-0.2, -0.15) is 0 Å². The summed E-state index contributed by atoms with van der Waals surface area (Å²) in [5, 5.41) is 3.27. The van der Waals surface area contributed by atoms with E-state index < -0.39 is 0 Å². The van der Waals surface area contributed by atoms with Crippen LogP contribution in [0.3, 0.4) is 0 Å². The highest BCUT2D eigenvalue weighted by Gasteiger charge is 1.97. The number of nitrogens with zero attached hydrogens (tertiary/aromatic N) is 1. The van der Waals surface area contributed by atoms with Crippen molar-refractivity contribution in [1.29, 1.82) is 0 Å². The molecule has 4 heteroatoms. The maximum Gasteiger partial charge on any atom is 0.180 e. The van der Waals surface area contributed by atoms with Crippen LogP contribution in [0.15, 0.2) is 41.3 Å². The zero-order valence-corrected chi connectivity index (χ0v) is 9.14. The normalized spacial score (nSPS) is 10.3. The Balaban J connectivity index is 1.81. The lowest BCUT2D eigenvalue weighted by atomic mass is 10.2. The van der Waals surface area contributed by atoms with Gasteiger partial charge in [0.05, 0.1) is 19.9 Å². The van der Waals surface area contributed by atoms with Crippen LogP contribution in [0.1, 0.15) is 11.3 Å². The van der Waals surface area contributed by atoms with Gasteiger partial charge in [0, 0.05) is 6.54 Å². The smallest absolute Gasteiger partial charge is 0.180 e. The van der Waals surface area contributed by atoms with E-state index in [9.17, 15) is 0 Å². The van der Waals surface area contributed by atoms with Crippen molar-refractivity contribution in [1.82, 2.24) is 10.3 Å². The molecule has 0 fully saturated rings. The summed E-state index contributed by atoms with van der Waals surface area (Å²) in [5.41, 5.74) is 1.21. The molecular formula is C12H14N2O2. The van der Waals surface area contributed by atoms with Crippen LogP contribution in [0.25, 0.3) is 0 Å². The van der Waals surface area contributed by atoms with Crippen molar-refractivity contribution < 1.29 is 9.15 Å². The first-order valence-electron chi connectivity index (χ1n) is 5.09. The maximum absolute atomic E-state index is 5.11. The lowest BCUT2D eigenvalue weighted by Crippen LogP contribution is -2.11. The van der Waals surface area contributed by atoms with E-state index in [4.69, 9.17) is 9.15 Å². The molecule has 0 spiro atoms. The van der Waals surface area contributed by atoms with Crippen LogP contribution in [-0.2, 0) is 13.1 Å². The molecule has 0 amide bonds. The molecule has 1 N–H and O–H groups in total. The Labute approximate surface area is 94.3 Å². The second kappa shape index (κ2) is 5.32. The molecule has 16 heavy (non-hydrogen) atoms. The predicted octanol–water partition coefficient (Wildman–Crippen LogP) is 1.97. The molecule has 0 aliphatic heterocycles. The molecule has 84 valence electrons. The molecular weight excluding hydrogens is 204 g/mol. The zero-order chi connectivity index (χ0) is 11.2. The first kappa shape index (κ1) is 10.7. The number of methoxy groups -OCH3 is 1. The van der Waals surface area contributed by atoms with Crippen molar-refractivity contribution >= 4 is 0 Å². The molecule has 2 rings (SSSR count). The quantitative estimate of drug-likeness (QED) is 0.833. The lowest BCUT2D eigenvalue weighted by Gasteiger charge is -2.04. The highest BCUT2D eigenvalue weighted by Crippen LogP contribution is 2.11. The number of hydrogen-bond donors (Lipinski definition) is 1. The average molecular weight is 218 g/mol. The van der Waals surface area contributed by atoms with Crippen LogP contribution < -0.4 is 10.1 Å². The Morgan fingerprint density at radius 1 is 1.25 bits per heavy atom. The first-order valence-corrected chi connectivity index (χ1v) is 5.09. The predicted molar refractivity (Wildman–Crippen MR) is 60.0 cm³/mol. The van der Waals surface area contributed by atoms with E-state index in [0.717, 1.165) is 18.1 Å². The number of rotatable bonds is 5. The summed E-state index contributed by atoms with van der Waals surface area (Å²) >= 11 is 0. The number of ether oxygens (including phenoxy) is 1. The van der Waals surface area contributed by atoms with Gasteiger partial charge in [-0.1, -0.05) is 12.1 Å². The molecule has 0 atom stereocenters. The molecule has 0 saturated carbocycles. The van der Waals surface area contributed by atoms with Gasteiger partial charge in [-0.15, -0.1) is 0 Å². The molecule has 1 aromatic heterocycles. The van der Waals surface area contributed by atoms with E-state index >= 15 is 0 Å². The third-order valence-corrected chi connectivity index (χ3v) is 2.27. The van der Waals surface area contributed by atoms with Gasteiger partial charge in [-0.25, -0.2) is 4.98 Å². The average Bonchev–Trinajstić information content (AvgIpc) is 2.83.